The third-order valence-corrected chi connectivity index (χ3v) is 25.0. The number of rotatable bonds is 38. The van der Waals surface area contributed by atoms with Crippen molar-refractivity contribution >= 4 is 68.2 Å². The fourth-order valence-corrected chi connectivity index (χ4v) is 17.3. The molecular weight excluding hydrogens is 1880 g/mol. The number of nitrogens with two attached hydrogens (primary N) is 1. The molecule has 0 fully saturated rings. The molecule has 762 valence electrons. The Bertz CT molecular complexity index is 7170. The van der Waals surface area contributed by atoms with Crippen molar-refractivity contribution in [2.24, 2.45) is 5.73 Å². The second-order valence-electron chi connectivity index (χ2n) is 36.0. The number of halogens is 6. The Morgan fingerprint density at radius 2 is 0.738 bits per heavy atom. The molecule has 0 atom stereocenters. The first-order valence-corrected chi connectivity index (χ1v) is 48.1. The highest BCUT2D eigenvalue weighted by Crippen LogP contribution is 2.33. The topological polar surface area (TPSA) is 451 Å². The van der Waals surface area contributed by atoms with Gasteiger partial charge in [0.1, 0.15) is 47.7 Å². The van der Waals surface area contributed by atoms with Crippen LogP contribution in [-0.2, 0) is 86.1 Å². The van der Waals surface area contributed by atoms with Crippen LogP contribution in [0.1, 0.15) is 222 Å². The highest BCUT2D eigenvalue weighted by molar-refractivity contribution is 5.98. The summed E-state index contributed by atoms with van der Waals surface area (Å²) in [5.74, 6) is -4.60. The number of aromatic hydroxyl groups is 1. The van der Waals surface area contributed by atoms with E-state index in [0.717, 1.165) is 68.2 Å². The lowest BCUT2D eigenvalue weighted by Crippen LogP contribution is -2.46. The lowest BCUT2D eigenvalue weighted by atomic mass is 10.1. The van der Waals surface area contributed by atoms with Crippen LogP contribution in [0, 0.1) is 34.9 Å². The number of aryl methyl sites for hydroxylation is 3. The molecule has 3 aliphatic heterocycles. The smallest absolute Gasteiger partial charge is 0.303 e. The molecule has 3 aliphatic rings. The second-order valence-corrected chi connectivity index (χ2v) is 36.0. The van der Waals surface area contributed by atoms with Crippen molar-refractivity contribution in [2.75, 3.05) is 19.6 Å². The van der Waals surface area contributed by atoms with Crippen molar-refractivity contribution in [3.05, 3.63) is 280 Å². The van der Waals surface area contributed by atoms with E-state index < -0.39 is 63.4 Å². The number of carboxylic acid groups (broad SMARTS) is 1. The van der Waals surface area contributed by atoms with Crippen LogP contribution < -0.4 is 42.1 Å². The number of aromatic amines is 3. The van der Waals surface area contributed by atoms with Crippen LogP contribution in [0.2, 0.25) is 0 Å². The summed E-state index contributed by atoms with van der Waals surface area (Å²) in [6.07, 6.45) is 13.6. The van der Waals surface area contributed by atoms with Crippen molar-refractivity contribution in [3.63, 3.8) is 0 Å². The summed E-state index contributed by atoms with van der Waals surface area (Å²) in [6, 6.07) is 35.8. The van der Waals surface area contributed by atoms with Crippen molar-refractivity contribution in [1.29, 1.82) is 0 Å². The zero-order chi connectivity index (χ0) is 102. The van der Waals surface area contributed by atoms with Gasteiger partial charge in [-0.2, -0.15) is 15.3 Å². The van der Waals surface area contributed by atoms with Gasteiger partial charge in [0.25, 0.3) is 17.7 Å². The Morgan fingerprint density at radius 3 is 1.09 bits per heavy atom. The molecule has 17 rings (SSSR count). The molecule has 14 aromatic rings. The van der Waals surface area contributed by atoms with Crippen LogP contribution in [0.5, 0.6) is 17.2 Å². The van der Waals surface area contributed by atoms with Crippen molar-refractivity contribution < 1.29 is 74.8 Å². The lowest BCUT2D eigenvalue weighted by Gasteiger charge is -2.35. The minimum absolute atomic E-state index is 0. The van der Waals surface area contributed by atoms with Crippen molar-refractivity contribution in [1.82, 2.24) is 99.5 Å². The van der Waals surface area contributed by atoms with E-state index in [2.05, 4.69) is 71.1 Å². The number of unbranched alkanes of at least 4 members (excludes halogenated alkanes) is 9. The Morgan fingerprint density at radius 1 is 0.414 bits per heavy atom. The number of fused-ring (bicyclic) bond motifs is 6. The van der Waals surface area contributed by atoms with Gasteiger partial charge in [-0.25, -0.2) is 56.2 Å². The Kier molecular flexibility index (Phi) is 36.7. The molecule has 0 unspecified atom stereocenters. The SMILES string of the molecule is C.CC(C)N1CCn2c(CN)cc(=O)c(OCc3ccccc3)c2C1=O.CC(C)N1CCn2c(CNC(=O)CCCCCCc3nc(-c4n[nH]c5ccc(F)cc45)ncc3F)cc(=O)c(O)c2C1=O.CC(C)N1CCn2c(CNC(=O)CCCCCCc3nc(-c4n[nH]c5ccc(F)cc45)ncc3F)cc(=O)c(OCc3ccccc3)c2C1=O.O=C(O)CCCCCCc1nc(-c2n[nH]c3ccc(F)cc23)ncc1F. The summed E-state index contributed by atoms with van der Waals surface area (Å²) in [6.45, 7) is 15.3. The van der Waals surface area contributed by atoms with Gasteiger partial charge in [0, 0.05) is 135 Å². The molecule has 0 aliphatic carbocycles. The molecule has 12 heterocycles. The summed E-state index contributed by atoms with van der Waals surface area (Å²) in [7, 11) is 0. The molecule has 9 aromatic heterocycles. The number of ether oxygens (including phenoxy) is 2. The normalized spacial score (nSPS) is 12.7. The number of pyridine rings is 3. The number of aliphatic carboxylic acids is 1. The van der Waals surface area contributed by atoms with Crippen LogP contribution in [-0.4, -0.2) is 172 Å². The largest absolute Gasteiger partial charge is 0.503 e. The first-order valence-electron chi connectivity index (χ1n) is 48.1. The van der Waals surface area contributed by atoms with E-state index in [1.807, 2.05) is 107 Å². The molecule has 0 saturated carbocycles. The van der Waals surface area contributed by atoms with Crippen LogP contribution in [0.25, 0.3) is 67.3 Å². The summed E-state index contributed by atoms with van der Waals surface area (Å²) >= 11 is 0. The monoisotopic (exact) mass is 1990 g/mol. The summed E-state index contributed by atoms with van der Waals surface area (Å²) < 4.78 is 101. The van der Waals surface area contributed by atoms with Gasteiger partial charge in [0.2, 0.25) is 28.1 Å². The van der Waals surface area contributed by atoms with Gasteiger partial charge in [-0.15, -0.1) is 0 Å². The predicted molar refractivity (Wildman–Crippen MR) is 531 cm³/mol. The Labute approximate surface area is 830 Å². The van der Waals surface area contributed by atoms with Crippen LogP contribution in [0.15, 0.2) is 166 Å². The highest BCUT2D eigenvalue weighted by Gasteiger charge is 2.36. The van der Waals surface area contributed by atoms with Crippen LogP contribution in [0.4, 0.5) is 26.3 Å². The molecule has 34 nitrogen and oxygen atoms in total. The van der Waals surface area contributed by atoms with E-state index in [9.17, 15) is 74.6 Å². The number of nitrogens with zero attached hydrogens (tertiary/aromatic N) is 15. The molecule has 0 radical (unpaired) electrons. The maximum absolute atomic E-state index is 14.5. The maximum atomic E-state index is 14.5. The standard InChI is InChI=1S/C37H39F2N7O4.C30H33F2N7O4.C19H23N3O3.C18H18F2N4O2.CH4/c1-23(2)45-16-17-46-26(19-31(47)35(34(46)37(45)49)50-22-24-10-6-5-7-11-24)20-40-32(48)13-9-4-3-8-12-30-28(39)21-41-36(42-30)33-27-18-25(38)14-15-29(27)43-44-33;1-17(2)38-11-12-39-19(14-24(40)28(42)27(39)30(38)43)15-33-25(41)8-6-4-3-5-7-23-21(32)16-34-29(35-23)26-20-13-18(31)9-10-22(20)36-37-26;1-13(2)21-8-9-22-15(11-20)10-16(23)18(17(22)19(21)24)25-12-14-6-4-3-5-7-14;19-11-7-8-14-12(9-11)17(24-23-14)18-21-10-13(20)15(22-18)5-3-1-2-4-6-16(25)26;/h5-7,10-11,14-15,18-19,21,23H,3-4,8-9,12-13,16-17,20,22H2,1-2H3,(H,40,48)(H,43,44);9-10,13-14,16-17,42H,3-8,11-12,15H2,1-2H3,(H,33,41)(H,36,37);3-7,10,13H,8-9,11-12,20H2,1-2H3;7-10H,1-6H2,(H,23,24)(H,25,26);1H4. The molecule has 145 heavy (non-hydrogen) atoms. The number of carboxylic acids is 1. The number of benzene rings is 5. The lowest BCUT2D eigenvalue weighted by molar-refractivity contribution is -0.137. The van der Waals surface area contributed by atoms with Gasteiger partial charge in [0.05, 0.1) is 65.3 Å². The average Bonchev–Trinajstić information content (AvgIpc) is 1.57. The number of nitrogens with one attached hydrogen (secondary N) is 5. The van der Waals surface area contributed by atoms with Crippen molar-refractivity contribution in [2.45, 2.75) is 235 Å². The summed E-state index contributed by atoms with van der Waals surface area (Å²) in [5.41, 5.74) is 12.1. The average molecular weight is 2000 g/mol. The summed E-state index contributed by atoms with van der Waals surface area (Å²) in [4.78, 5) is 143. The highest BCUT2D eigenvalue weighted by atomic mass is 19.1. The number of hydrogen-bond donors (Lipinski definition) is 8. The second kappa shape index (κ2) is 49.9. The van der Waals surface area contributed by atoms with E-state index in [0.29, 0.717) is 170 Å². The molecule has 9 N–H and O–H groups in total. The number of hydrogen-bond acceptors (Lipinski definition) is 22. The zero-order valence-electron chi connectivity index (χ0n) is 80.6. The fourth-order valence-electron chi connectivity index (χ4n) is 17.3. The molecule has 0 spiro atoms. The number of carbonyl (C=O) groups excluding carboxylic acids is 5. The van der Waals surface area contributed by atoms with Crippen molar-refractivity contribution in [3.8, 4) is 51.8 Å². The molecule has 5 amide bonds. The first kappa shape index (κ1) is 107. The number of H-pyrrole nitrogens is 3. The quantitative estimate of drug-likeness (QED) is 0.0132. The molecule has 5 aromatic carbocycles. The third kappa shape index (κ3) is 26.6. The van der Waals surface area contributed by atoms with Gasteiger partial charge in [-0.05, 0) is 165 Å². The van der Waals surface area contributed by atoms with E-state index in [1.165, 1.54) is 54.6 Å². The Balaban J connectivity index is 0.000000168. The van der Waals surface area contributed by atoms with Gasteiger partial charge in [-0.1, -0.05) is 107 Å². The molecule has 0 saturated heterocycles. The van der Waals surface area contributed by atoms with E-state index in [1.54, 1.807) is 42.0 Å². The minimum atomic E-state index is -0.806. The first-order chi connectivity index (χ1) is 69.4. The van der Waals surface area contributed by atoms with E-state index >= 15 is 0 Å². The molecule has 0 bridgehead atoms. The van der Waals surface area contributed by atoms with Crippen LogP contribution >= 0.6 is 0 Å². The molecule has 40 heteroatoms. The maximum Gasteiger partial charge on any atom is 0.303 e. The van der Waals surface area contributed by atoms with Gasteiger partial charge < -0.3 is 64.5 Å². The molecular formula is C105H117F6N21O13. The van der Waals surface area contributed by atoms with E-state index in [4.69, 9.17) is 20.3 Å². The van der Waals surface area contributed by atoms with E-state index in [-0.39, 0.29) is 164 Å². The Hall–Kier alpha value is -15.6. The van der Waals surface area contributed by atoms with Crippen LogP contribution in [0.3, 0.4) is 0 Å². The summed E-state index contributed by atoms with van der Waals surface area (Å²) in [5, 5.41) is 47.0. The minimum Gasteiger partial charge on any atom is -0.503 e. The number of carbonyl (C=O) groups is 6. The predicted octanol–water partition coefficient (Wildman–Crippen LogP) is 15.8. The fraction of sp³-hybridized carbons (Fsp3) is 0.371. The van der Waals surface area contributed by atoms with Gasteiger partial charge in [-0.3, -0.25) is 58.4 Å². The number of aromatic nitrogens is 15. The number of amides is 5. The third-order valence-electron chi connectivity index (χ3n) is 25.0. The van der Waals surface area contributed by atoms with Gasteiger partial charge in [0.15, 0.2) is 69.3 Å². The zero-order valence-corrected chi connectivity index (χ0v) is 80.6. The van der Waals surface area contributed by atoms with Gasteiger partial charge >= 0.3 is 5.97 Å².